The molecule has 3 aromatic rings. The van der Waals surface area contributed by atoms with Crippen LogP contribution in [0.3, 0.4) is 0 Å². The maximum Gasteiger partial charge on any atom is 0.319 e. The molecule has 2 heterocycles. The molecule has 0 radical (unpaired) electrons. The topological polar surface area (TPSA) is 73.1 Å². The summed E-state index contributed by atoms with van der Waals surface area (Å²) >= 11 is 0. The van der Waals surface area contributed by atoms with Crippen LogP contribution in [-0.4, -0.2) is 41.2 Å². The number of aryl methyl sites for hydroxylation is 1. The first-order valence-electron chi connectivity index (χ1n) is 13.0. The number of hydrogen-bond donors (Lipinski definition) is 2. The molecule has 5 rings (SSSR count). The highest BCUT2D eigenvalue weighted by atomic mass is 16.2. The van der Waals surface area contributed by atoms with Crippen LogP contribution in [0.1, 0.15) is 63.1 Å². The van der Waals surface area contributed by atoms with Crippen molar-refractivity contribution in [3.05, 3.63) is 53.6 Å². The Bertz CT molecular complexity index is 1240. The number of anilines is 1. The molecule has 0 atom stereocenters. The summed E-state index contributed by atoms with van der Waals surface area (Å²) in [4.78, 5) is 14.6. The molecule has 1 aliphatic carbocycles. The minimum Gasteiger partial charge on any atom is -0.336 e. The fourth-order valence-corrected chi connectivity index (χ4v) is 5.19. The minimum absolute atomic E-state index is 0.0752. The average Bonchev–Trinajstić information content (AvgIpc) is 3.07. The first-order chi connectivity index (χ1) is 17.0. The van der Waals surface area contributed by atoms with Gasteiger partial charge in [-0.2, -0.15) is 5.26 Å². The van der Waals surface area contributed by atoms with E-state index in [0.717, 1.165) is 47.2 Å². The summed E-state index contributed by atoms with van der Waals surface area (Å²) in [5.74, 6) is 0. The summed E-state index contributed by atoms with van der Waals surface area (Å²) in [7, 11) is 0. The summed E-state index contributed by atoms with van der Waals surface area (Å²) < 4.78 is 2.42. The van der Waals surface area contributed by atoms with Gasteiger partial charge in [-0.05, 0) is 101 Å². The number of likely N-dealkylation sites (tertiary alicyclic amines) is 1. The Balaban J connectivity index is 1.46. The van der Waals surface area contributed by atoms with Crippen LogP contribution in [0.15, 0.2) is 42.5 Å². The molecule has 6 nitrogen and oxygen atoms in total. The molecule has 2 aliphatic rings. The first kappa shape index (κ1) is 23.4. The molecule has 6 heteroatoms. The maximum absolute atomic E-state index is 12.1. The first-order valence-corrected chi connectivity index (χ1v) is 13.0. The number of amides is 2. The highest BCUT2D eigenvalue weighted by molar-refractivity contribution is 5.95. The number of nitriles is 1. The Hall–Kier alpha value is -3.30. The predicted molar refractivity (Wildman–Crippen MR) is 142 cm³/mol. The van der Waals surface area contributed by atoms with Crippen molar-refractivity contribution in [2.24, 2.45) is 0 Å². The van der Waals surface area contributed by atoms with Gasteiger partial charge in [0.1, 0.15) is 6.07 Å². The average molecular weight is 470 g/mol. The van der Waals surface area contributed by atoms with Crippen LogP contribution in [0.25, 0.3) is 22.2 Å². The van der Waals surface area contributed by atoms with Crippen LogP contribution in [-0.2, 0) is 6.42 Å². The lowest BCUT2D eigenvalue weighted by Gasteiger charge is -2.31. The van der Waals surface area contributed by atoms with E-state index >= 15 is 0 Å². The molecule has 0 spiro atoms. The fourth-order valence-electron chi connectivity index (χ4n) is 5.19. The molecule has 35 heavy (non-hydrogen) atoms. The van der Waals surface area contributed by atoms with Crippen molar-refractivity contribution < 1.29 is 4.79 Å². The molecule has 1 saturated carbocycles. The summed E-state index contributed by atoms with van der Waals surface area (Å²) in [5.41, 5.74) is 6.03. The van der Waals surface area contributed by atoms with Crippen LogP contribution < -0.4 is 10.6 Å². The van der Waals surface area contributed by atoms with E-state index in [1.807, 2.05) is 38.1 Å². The second-order valence-corrected chi connectivity index (χ2v) is 10.3. The van der Waals surface area contributed by atoms with E-state index in [9.17, 15) is 10.1 Å². The molecule has 1 saturated heterocycles. The number of nitrogens with one attached hydrogen (secondary N) is 2. The zero-order valence-electron chi connectivity index (χ0n) is 20.8. The Labute approximate surface area is 207 Å². The van der Waals surface area contributed by atoms with Gasteiger partial charge in [0.2, 0.25) is 0 Å². The van der Waals surface area contributed by atoms with E-state index in [-0.39, 0.29) is 12.1 Å². The van der Waals surface area contributed by atoms with E-state index in [2.05, 4.69) is 44.4 Å². The molecule has 2 aromatic carbocycles. The number of hydrogen-bond acceptors (Lipinski definition) is 3. The molecule has 2 amide bonds. The van der Waals surface area contributed by atoms with E-state index < -0.39 is 0 Å². The van der Waals surface area contributed by atoms with E-state index in [0.29, 0.717) is 6.04 Å². The van der Waals surface area contributed by atoms with Crippen LogP contribution in [0.5, 0.6) is 0 Å². The monoisotopic (exact) mass is 469 g/mol. The molecule has 2 fully saturated rings. The highest BCUT2D eigenvalue weighted by Crippen LogP contribution is 2.43. The van der Waals surface area contributed by atoms with Crippen molar-refractivity contribution in [1.82, 2.24) is 14.8 Å². The molecule has 1 aromatic heterocycles. The van der Waals surface area contributed by atoms with E-state index in [1.165, 1.54) is 50.0 Å². The van der Waals surface area contributed by atoms with Crippen molar-refractivity contribution in [2.75, 3.05) is 25.0 Å². The van der Waals surface area contributed by atoms with Gasteiger partial charge >= 0.3 is 6.03 Å². The lowest BCUT2D eigenvalue weighted by atomic mass is 9.92. The number of benzene rings is 2. The lowest BCUT2D eigenvalue weighted by molar-refractivity contribution is 0.179. The number of fused-ring (bicyclic) bond motifs is 1. The van der Waals surface area contributed by atoms with E-state index in [1.54, 1.807) is 0 Å². The van der Waals surface area contributed by atoms with Crippen LogP contribution in [0.4, 0.5) is 10.5 Å². The Morgan fingerprint density at radius 1 is 1.11 bits per heavy atom. The van der Waals surface area contributed by atoms with Gasteiger partial charge in [-0.25, -0.2) is 4.79 Å². The standard InChI is InChI=1S/C29H35N5O/c1-20(2)31-29(35)32-23-12-10-22(11-13-23)28-26(19-30)25-14-9-21(6-4-15-33-16-5-17-33)18-27(25)34(28)24-7-3-8-24/h9-14,18,20,24H,3-8,15-17H2,1-2H3,(H2,31,32,35). The van der Waals surface area contributed by atoms with Gasteiger partial charge in [-0.3, -0.25) is 0 Å². The van der Waals surface area contributed by atoms with Crippen molar-refractivity contribution in [2.45, 2.75) is 64.5 Å². The third-order valence-electron chi connectivity index (χ3n) is 7.34. The van der Waals surface area contributed by atoms with Crippen LogP contribution >= 0.6 is 0 Å². The van der Waals surface area contributed by atoms with Gasteiger partial charge in [-0.1, -0.05) is 24.3 Å². The van der Waals surface area contributed by atoms with Gasteiger partial charge in [0.05, 0.1) is 16.8 Å². The number of nitrogens with zero attached hydrogens (tertiary/aromatic N) is 3. The fraction of sp³-hybridized carbons (Fsp3) is 0.448. The molecule has 1 aliphatic heterocycles. The largest absolute Gasteiger partial charge is 0.336 e. The smallest absolute Gasteiger partial charge is 0.319 e. The summed E-state index contributed by atoms with van der Waals surface area (Å²) in [6, 6.07) is 17.3. The normalized spacial score (nSPS) is 16.1. The molecule has 0 bridgehead atoms. The van der Waals surface area contributed by atoms with Crippen molar-refractivity contribution >= 4 is 22.6 Å². The van der Waals surface area contributed by atoms with Gasteiger partial charge < -0.3 is 20.1 Å². The number of aromatic nitrogens is 1. The number of rotatable bonds is 8. The molecular formula is C29H35N5O. The lowest BCUT2D eigenvalue weighted by Crippen LogP contribution is -2.37. The van der Waals surface area contributed by atoms with E-state index in [4.69, 9.17) is 0 Å². The Morgan fingerprint density at radius 2 is 1.89 bits per heavy atom. The Kier molecular flexibility index (Phi) is 6.79. The SMILES string of the molecule is CC(C)NC(=O)Nc1ccc(-c2c(C#N)c3ccc(CCCN4CCC4)cc3n2C2CCC2)cc1. The van der Waals surface area contributed by atoms with Crippen LogP contribution in [0.2, 0.25) is 0 Å². The second-order valence-electron chi connectivity index (χ2n) is 10.3. The quantitative estimate of drug-likeness (QED) is 0.420. The zero-order valence-corrected chi connectivity index (χ0v) is 20.8. The minimum atomic E-state index is -0.212. The van der Waals surface area contributed by atoms with Crippen LogP contribution in [0, 0.1) is 11.3 Å². The number of urea groups is 1. The third kappa shape index (κ3) is 4.92. The highest BCUT2D eigenvalue weighted by Gasteiger charge is 2.28. The van der Waals surface area contributed by atoms with Crippen molar-refractivity contribution in [3.63, 3.8) is 0 Å². The maximum atomic E-state index is 12.1. The summed E-state index contributed by atoms with van der Waals surface area (Å²) in [6.45, 7) is 7.53. The summed E-state index contributed by atoms with van der Waals surface area (Å²) in [5, 5.41) is 17.0. The molecule has 2 N–H and O–H groups in total. The molecule has 0 unspecified atom stereocenters. The predicted octanol–water partition coefficient (Wildman–Crippen LogP) is 6.07. The van der Waals surface area contributed by atoms with Gasteiger partial charge in [0.25, 0.3) is 0 Å². The number of carbonyl (C=O) groups excluding carboxylic acids is 1. The summed E-state index contributed by atoms with van der Waals surface area (Å²) in [6.07, 6.45) is 7.11. The molecular weight excluding hydrogens is 434 g/mol. The third-order valence-corrected chi connectivity index (χ3v) is 7.34. The van der Waals surface area contributed by atoms with Crippen molar-refractivity contribution in [3.8, 4) is 17.3 Å². The van der Waals surface area contributed by atoms with Crippen molar-refractivity contribution in [1.29, 1.82) is 5.26 Å². The van der Waals surface area contributed by atoms with Gasteiger partial charge in [0.15, 0.2) is 0 Å². The second kappa shape index (κ2) is 10.1. The number of carbonyl (C=O) groups is 1. The van der Waals surface area contributed by atoms with Gasteiger partial charge in [-0.15, -0.1) is 0 Å². The van der Waals surface area contributed by atoms with Gasteiger partial charge in [0, 0.05) is 23.2 Å². The zero-order chi connectivity index (χ0) is 24.4. The Morgan fingerprint density at radius 3 is 2.49 bits per heavy atom. The molecule has 182 valence electrons.